The quantitative estimate of drug-likeness (QED) is 0.497. The van der Waals surface area contributed by atoms with E-state index in [0.717, 1.165) is 11.6 Å². The number of alkyl halides is 2. The summed E-state index contributed by atoms with van der Waals surface area (Å²) in [5.41, 5.74) is 0.134. The SMILES string of the molecule is COc1nc2nc(C)nc(NCc3cccc(C(F)(F)CO)c3F)c2cc1C1CCS(=O)(=O)CC1. The fourth-order valence-corrected chi connectivity index (χ4v) is 5.71. The Morgan fingerprint density at radius 1 is 1.20 bits per heavy atom. The molecule has 2 aromatic heterocycles. The first kappa shape index (κ1) is 25.1. The average Bonchev–Trinajstić information content (AvgIpc) is 2.82. The highest BCUT2D eigenvalue weighted by molar-refractivity contribution is 7.91. The summed E-state index contributed by atoms with van der Waals surface area (Å²) in [6.45, 7) is -0.00719. The van der Waals surface area contributed by atoms with E-state index in [2.05, 4.69) is 20.3 Å². The minimum atomic E-state index is -3.71. The van der Waals surface area contributed by atoms with Crippen molar-refractivity contribution in [3.05, 3.63) is 52.6 Å². The first-order valence-electron chi connectivity index (χ1n) is 11.0. The molecule has 12 heteroatoms. The summed E-state index contributed by atoms with van der Waals surface area (Å²) >= 11 is 0. The number of hydrogen-bond acceptors (Lipinski definition) is 8. The molecule has 1 saturated heterocycles. The van der Waals surface area contributed by atoms with Crippen LogP contribution in [0.1, 0.15) is 41.3 Å². The minimum Gasteiger partial charge on any atom is -0.481 e. The molecule has 1 aliphatic rings. The summed E-state index contributed by atoms with van der Waals surface area (Å²) in [6.07, 6.45) is 0.858. The average molecular weight is 511 g/mol. The molecular weight excluding hydrogens is 485 g/mol. The molecule has 0 radical (unpaired) electrons. The smallest absolute Gasteiger partial charge is 0.298 e. The van der Waals surface area contributed by atoms with Gasteiger partial charge in [-0.05, 0) is 37.8 Å². The van der Waals surface area contributed by atoms with Crippen molar-refractivity contribution >= 4 is 26.7 Å². The maximum absolute atomic E-state index is 14.8. The first-order chi connectivity index (χ1) is 16.5. The number of methoxy groups -OCH3 is 1. The molecule has 3 aromatic rings. The van der Waals surface area contributed by atoms with Gasteiger partial charge >= 0.3 is 0 Å². The van der Waals surface area contributed by atoms with Gasteiger partial charge in [0.15, 0.2) is 5.65 Å². The van der Waals surface area contributed by atoms with Crippen LogP contribution in [0.5, 0.6) is 5.88 Å². The van der Waals surface area contributed by atoms with E-state index in [1.807, 2.05) is 0 Å². The van der Waals surface area contributed by atoms with Gasteiger partial charge in [0, 0.05) is 17.7 Å². The lowest BCUT2D eigenvalue weighted by molar-refractivity contribution is -0.0583. The molecule has 3 heterocycles. The number of fused-ring (bicyclic) bond motifs is 1. The Bertz CT molecular complexity index is 1350. The number of hydrogen-bond donors (Lipinski definition) is 2. The van der Waals surface area contributed by atoms with Crippen LogP contribution in [0, 0.1) is 12.7 Å². The Morgan fingerprint density at radius 3 is 2.57 bits per heavy atom. The van der Waals surface area contributed by atoms with Crippen LogP contribution in [-0.2, 0) is 22.3 Å². The molecule has 0 saturated carbocycles. The van der Waals surface area contributed by atoms with Crippen molar-refractivity contribution < 1.29 is 31.4 Å². The van der Waals surface area contributed by atoms with E-state index in [4.69, 9.17) is 9.84 Å². The third kappa shape index (κ3) is 5.18. The van der Waals surface area contributed by atoms with E-state index < -0.39 is 33.7 Å². The molecule has 0 atom stereocenters. The standard InChI is InChI=1S/C23H25F3N4O4S/c1-13-28-20(27-11-15-4-3-5-18(19(15)24)23(25,26)12-31)17-10-16(22(34-2)30-21(17)29-13)14-6-8-35(32,33)9-7-14/h3-5,10,14,31H,6-9,11-12H2,1-2H3,(H,27,28,29,30). The molecule has 0 aliphatic carbocycles. The number of rotatable bonds is 7. The van der Waals surface area contributed by atoms with E-state index >= 15 is 0 Å². The van der Waals surface area contributed by atoms with Gasteiger partial charge in [0.05, 0.1) is 29.6 Å². The van der Waals surface area contributed by atoms with Gasteiger partial charge < -0.3 is 15.2 Å². The highest BCUT2D eigenvalue weighted by Gasteiger charge is 2.34. The summed E-state index contributed by atoms with van der Waals surface area (Å²) in [7, 11) is -1.59. The maximum Gasteiger partial charge on any atom is 0.298 e. The molecule has 35 heavy (non-hydrogen) atoms. The van der Waals surface area contributed by atoms with Crippen LogP contribution in [-0.4, -0.2) is 53.7 Å². The fraction of sp³-hybridized carbons (Fsp3) is 0.435. The zero-order valence-electron chi connectivity index (χ0n) is 19.2. The predicted octanol–water partition coefficient (Wildman–Crippen LogP) is 3.47. The lowest BCUT2D eigenvalue weighted by Crippen LogP contribution is -2.22. The predicted molar refractivity (Wildman–Crippen MR) is 124 cm³/mol. The lowest BCUT2D eigenvalue weighted by Gasteiger charge is -2.24. The van der Waals surface area contributed by atoms with Gasteiger partial charge in [-0.15, -0.1) is 0 Å². The Morgan fingerprint density at radius 2 is 1.91 bits per heavy atom. The number of aromatic nitrogens is 3. The number of anilines is 1. The van der Waals surface area contributed by atoms with Crippen molar-refractivity contribution in [3.63, 3.8) is 0 Å². The normalized spacial score (nSPS) is 16.4. The number of nitrogens with one attached hydrogen (secondary N) is 1. The number of nitrogens with zero attached hydrogens (tertiary/aromatic N) is 3. The van der Waals surface area contributed by atoms with Crippen LogP contribution in [0.15, 0.2) is 24.3 Å². The van der Waals surface area contributed by atoms with Crippen LogP contribution >= 0.6 is 0 Å². The van der Waals surface area contributed by atoms with Gasteiger partial charge in [-0.3, -0.25) is 0 Å². The Balaban J connectivity index is 1.70. The summed E-state index contributed by atoms with van der Waals surface area (Å²) in [6, 6.07) is 5.39. The first-order valence-corrected chi connectivity index (χ1v) is 12.8. The Hall–Kier alpha value is -2.99. The minimum absolute atomic E-state index is 0.0285. The molecule has 0 bridgehead atoms. The van der Waals surface area contributed by atoms with Crippen molar-refractivity contribution in [1.82, 2.24) is 15.0 Å². The molecule has 0 spiro atoms. The number of sulfone groups is 1. The molecular formula is C23H25F3N4O4S. The van der Waals surface area contributed by atoms with Crippen molar-refractivity contribution in [2.24, 2.45) is 0 Å². The lowest BCUT2D eigenvalue weighted by atomic mass is 9.93. The number of pyridine rings is 1. The third-order valence-corrected chi connectivity index (χ3v) is 7.81. The van der Waals surface area contributed by atoms with Gasteiger partial charge in [-0.2, -0.15) is 13.8 Å². The third-order valence-electron chi connectivity index (χ3n) is 6.10. The zero-order valence-corrected chi connectivity index (χ0v) is 20.0. The van der Waals surface area contributed by atoms with Gasteiger partial charge in [0.2, 0.25) is 5.88 Å². The van der Waals surface area contributed by atoms with Gasteiger partial charge in [-0.1, -0.05) is 12.1 Å². The van der Waals surface area contributed by atoms with Crippen LogP contribution in [0.4, 0.5) is 19.0 Å². The molecule has 1 aromatic carbocycles. The largest absolute Gasteiger partial charge is 0.481 e. The second-order valence-corrected chi connectivity index (χ2v) is 10.8. The number of aliphatic hydroxyl groups is 1. The van der Waals surface area contributed by atoms with E-state index in [1.165, 1.54) is 19.2 Å². The van der Waals surface area contributed by atoms with Crippen molar-refractivity contribution in [2.75, 3.05) is 30.5 Å². The monoisotopic (exact) mass is 510 g/mol. The van der Waals surface area contributed by atoms with Crippen LogP contribution in [0.3, 0.4) is 0 Å². The highest BCUT2D eigenvalue weighted by atomic mass is 32.2. The second-order valence-electron chi connectivity index (χ2n) is 8.50. The topological polar surface area (TPSA) is 114 Å². The molecule has 8 nitrogen and oxygen atoms in total. The highest BCUT2D eigenvalue weighted by Crippen LogP contribution is 2.37. The number of halogens is 3. The van der Waals surface area contributed by atoms with E-state index in [9.17, 15) is 21.6 Å². The number of benzene rings is 1. The zero-order chi connectivity index (χ0) is 25.4. The van der Waals surface area contributed by atoms with E-state index in [-0.39, 0.29) is 29.5 Å². The number of ether oxygens (including phenoxy) is 1. The molecule has 2 N–H and O–H groups in total. The van der Waals surface area contributed by atoms with Crippen LogP contribution < -0.4 is 10.1 Å². The molecule has 0 amide bonds. The van der Waals surface area contributed by atoms with Crippen LogP contribution in [0.25, 0.3) is 11.0 Å². The van der Waals surface area contributed by atoms with Gasteiger partial charge in [0.25, 0.3) is 5.92 Å². The van der Waals surface area contributed by atoms with Gasteiger partial charge in [0.1, 0.15) is 33.9 Å². The van der Waals surface area contributed by atoms with Gasteiger partial charge in [-0.25, -0.2) is 22.8 Å². The fourth-order valence-electron chi connectivity index (χ4n) is 4.22. The summed E-state index contributed by atoms with van der Waals surface area (Å²) in [5.74, 6) is -3.71. The molecule has 188 valence electrons. The molecule has 0 unspecified atom stereocenters. The van der Waals surface area contributed by atoms with E-state index in [1.54, 1.807) is 13.0 Å². The van der Waals surface area contributed by atoms with Crippen molar-refractivity contribution in [3.8, 4) is 5.88 Å². The van der Waals surface area contributed by atoms with E-state index in [0.29, 0.717) is 41.4 Å². The molecule has 1 aliphatic heterocycles. The van der Waals surface area contributed by atoms with Crippen molar-refractivity contribution in [1.29, 1.82) is 0 Å². The van der Waals surface area contributed by atoms with Crippen LogP contribution in [0.2, 0.25) is 0 Å². The van der Waals surface area contributed by atoms with Crippen molar-refractivity contribution in [2.45, 2.75) is 38.2 Å². The second kappa shape index (κ2) is 9.57. The summed E-state index contributed by atoms with van der Waals surface area (Å²) in [4.78, 5) is 13.2. The Kier molecular flexibility index (Phi) is 6.87. The Labute approximate surface area is 200 Å². The summed E-state index contributed by atoms with van der Waals surface area (Å²) in [5, 5.41) is 12.4. The molecule has 1 fully saturated rings. The number of aliphatic hydroxyl groups excluding tert-OH is 1. The molecule has 4 rings (SSSR count). The summed E-state index contributed by atoms with van der Waals surface area (Å²) < 4.78 is 71.8. The number of aryl methyl sites for hydroxylation is 1. The maximum atomic E-state index is 14.8.